The molecule has 1 unspecified atom stereocenters. The number of nitrogens with zero attached hydrogens (tertiary/aromatic N) is 2. The Morgan fingerprint density at radius 1 is 1.35 bits per heavy atom. The maximum atomic E-state index is 12.0. The van der Waals surface area contributed by atoms with Crippen molar-refractivity contribution >= 4 is 23.2 Å². The summed E-state index contributed by atoms with van der Waals surface area (Å²) < 4.78 is 27.2. The molecule has 2 rings (SSSR count). The molecule has 0 aliphatic carbocycles. The number of carbonyl (C=O) groups is 1. The highest BCUT2D eigenvalue weighted by Gasteiger charge is 2.31. The number of benzene rings is 1. The molecule has 1 atom stereocenters. The number of hydrogen-bond acceptors (Lipinski definition) is 6. The standard InChI is InChI=1S/C13H14N2O4S/c1-15-11(13(16)19-3)8-10(14-20(15)17)9-6-4-5-7-12(9)18-2/h4-8H,1-3H3. The summed E-state index contributed by atoms with van der Waals surface area (Å²) in [6.45, 7) is 0. The summed E-state index contributed by atoms with van der Waals surface area (Å²) in [7, 11) is 4.33. The van der Waals surface area contributed by atoms with Gasteiger partial charge in [-0.05, 0) is 16.5 Å². The van der Waals surface area contributed by atoms with Gasteiger partial charge in [0.2, 0.25) is 11.5 Å². The zero-order valence-electron chi connectivity index (χ0n) is 11.3. The first-order chi connectivity index (χ1) is 9.58. The third-order valence-corrected chi connectivity index (χ3v) is 3.82. The van der Waals surface area contributed by atoms with Crippen LogP contribution in [0.1, 0.15) is 5.56 Å². The minimum Gasteiger partial charge on any atom is -0.566 e. The predicted molar refractivity (Wildman–Crippen MR) is 75.5 cm³/mol. The van der Waals surface area contributed by atoms with E-state index >= 15 is 0 Å². The molecule has 0 radical (unpaired) electrons. The normalized spacial score (nSPS) is 18.2. The van der Waals surface area contributed by atoms with Crippen LogP contribution in [0.5, 0.6) is 5.75 Å². The quantitative estimate of drug-likeness (QED) is 0.615. The Kier molecular flexibility index (Phi) is 4.31. The van der Waals surface area contributed by atoms with Gasteiger partial charge in [0.15, 0.2) is 5.70 Å². The van der Waals surface area contributed by atoms with E-state index in [-0.39, 0.29) is 5.70 Å². The van der Waals surface area contributed by atoms with Crippen molar-refractivity contribution in [3.8, 4) is 5.75 Å². The number of likely N-dealkylation sites (N-methyl/N-ethyl adjacent to an activating group) is 1. The van der Waals surface area contributed by atoms with Gasteiger partial charge in [0.1, 0.15) is 11.5 Å². The van der Waals surface area contributed by atoms with Crippen molar-refractivity contribution in [3.63, 3.8) is 0 Å². The van der Waals surface area contributed by atoms with Gasteiger partial charge in [-0.2, -0.15) is 4.31 Å². The first kappa shape index (κ1) is 14.4. The number of methoxy groups -OCH3 is 2. The Balaban J connectivity index is 2.48. The van der Waals surface area contributed by atoms with E-state index in [1.165, 1.54) is 31.6 Å². The van der Waals surface area contributed by atoms with Gasteiger partial charge in [0.25, 0.3) is 0 Å². The van der Waals surface area contributed by atoms with Crippen LogP contribution in [0.25, 0.3) is 0 Å². The van der Waals surface area contributed by atoms with Crippen LogP contribution >= 0.6 is 0 Å². The summed E-state index contributed by atoms with van der Waals surface area (Å²) in [6.07, 6.45) is 1.53. The Morgan fingerprint density at radius 3 is 2.70 bits per heavy atom. The molecule has 1 aliphatic rings. The highest BCUT2D eigenvalue weighted by Crippen LogP contribution is 2.25. The molecule has 7 heteroatoms. The molecule has 0 spiro atoms. The van der Waals surface area contributed by atoms with E-state index in [1.807, 2.05) is 12.1 Å². The summed E-state index contributed by atoms with van der Waals surface area (Å²) in [5.74, 6) is 0.0245. The molecule has 0 saturated heterocycles. The van der Waals surface area contributed by atoms with Crippen molar-refractivity contribution in [2.75, 3.05) is 21.3 Å². The van der Waals surface area contributed by atoms with Gasteiger partial charge in [-0.15, -0.1) is 0 Å². The van der Waals surface area contributed by atoms with E-state index in [4.69, 9.17) is 4.74 Å². The topological polar surface area (TPSA) is 74.2 Å². The lowest BCUT2D eigenvalue weighted by Crippen LogP contribution is -2.33. The summed E-state index contributed by atoms with van der Waals surface area (Å²) in [5, 5.41) is 0. The Hall–Kier alpha value is -1.99. The molecule has 20 heavy (non-hydrogen) atoms. The summed E-state index contributed by atoms with van der Waals surface area (Å²) >= 11 is -1.68. The van der Waals surface area contributed by atoms with E-state index in [2.05, 4.69) is 9.13 Å². The first-order valence-corrected chi connectivity index (χ1v) is 6.82. The largest absolute Gasteiger partial charge is 0.566 e. The minimum atomic E-state index is -1.68. The van der Waals surface area contributed by atoms with Gasteiger partial charge in [0, 0.05) is 11.6 Å². The number of carbonyl (C=O) groups excluding carboxylic acids is 1. The van der Waals surface area contributed by atoms with Crippen LogP contribution in [0.2, 0.25) is 0 Å². The van der Waals surface area contributed by atoms with Crippen LogP contribution in [-0.2, 0) is 21.1 Å². The summed E-state index contributed by atoms with van der Waals surface area (Å²) in [5.41, 5.74) is 1.26. The molecule has 0 saturated carbocycles. The maximum absolute atomic E-state index is 12.0. The van der Waals surface area contributed by atoms with E-state index in [0.29, 0.717) is 17.0 Å². The predicted octanol–water partition coefficient (Wildman–Crippen LogP) is 1.07. The number of para-hydroxylation sites is 1. The fraction of sp³-hybridized carbons (Fsp3) is 0.231. The molecular formula is C13H14N2O4S. The highest BCUT2D eigenvalue weighted by atomic mass is 32.2. The fourth-order valence-corrected chi connectivity index (χ4v) is 2.49. The molecule has 0 aromatic heterocycles. The van der Waals surface area contributed by atoms with Gasteiger partial charge in [0.05, 0.1) is 21.3 Å². The van der Waals surface area contributed by atoms with Crippen molar-refractivity contribution in [1.82, 2.24) is 4.31 Å². The van der Waals surface area contributed by atoms with Crippen molar-refractivity contribution in [3.05, 3.63) is 41.6 Å². The lowest BCUT2D eigenvalue weighted by atomic mass is 10.1. The minimum absolute atomic E-state index is 0.182. The van der Waals surface area contributed by atoms with Gasteiger partial charge in [-0.1, -0.05) is 12.1 Å². The monoisotopic (exact) mass is 294 g/mol. The van der Waals surface area contributed by atoms with E-state index in [0.717, 1.165) is 0 Å². The van der Waals surface area contributed by atoms with Crippen LogP contribution in [0, 0.1) is 0 Å². The molecule has 1 aromatic carbocycles. The molecule has 6 nitrogen and oxygen atoms in total. The number of rotatable bonds is 3. The highest BCUT2D eigenvalue weighted by molar-refractivity contribution is 7.88. The molecule has 1 aliphatic heterocycles. The molecule has 106 valence electrons. The zero-order chi connectivity index (χ0) is 14.7. The SMILES string of the molecule is COC(=O)C1=CC(c2ccccc2OC)=N[S+]([O-])N1C. The smallest absolute Gasteiger partial charge is 0.359 e. The van der Waals surface area contributed by atoms with Gasteiger partial charge >= 0.3 is 5.97 Å². The number of allylic oxidation sites excluding steroid dienone is 1. The average Bonchev–Trinajstić information content (AvgIpc) is 2.49. The Morgan fingerprint density at radius 2 is 2.05 bits per heavy atom. The fourth-order valence-electron chi connectivity index (χ4n) is 1.75. The number of esters is 1. The third-order valence-electron chi connectivity index (χ3n) is 2.80. The van der Waals surface area contributed by atoms with E-state index in [1.54, 1.807) is 12.1 Å². The second kappa shape index (κ2) is 5.98. The molecule has 0 N–H and O–H groups in total. The molecule has 1 aromatic rings. The van der Waals surface area contributed by atoms with Crippen molar-refractivity contribution in [2.24, 2.45) is 4.40 Å². The first-order valence-electron chi connectivity index (χ1n) is 5.76. The molecule has 0 amide bonds. The van der Waals surface area contributed by atoms with E-state index < -0.39 is 17.5 Å². The van der Waals surface area contributed by atoms with Crippen LogP contribution in [0.4, 0.5) is 0 Å². The van der Waals surface area contributed by atoms with E-state index in [9.17, 15) is 9.35 Å². The number of ether oxygens (including phenoxy) is 2. The number of hydrogen-bond donors (Lipinski definition) is 0. The third kappa shape index (κ3) is 2.63. The maximum Gasteiger partial charge on any atom is 0.359 e. The molecule has 0 bridgehead atoms. The van der Waals surface area contributed by atoms with Crippen molar-refractivity contribution in [1.29, 1.82) is 0 Å². The second-order valence-corrected chi connectivity index (χ2v) is 5.12. The molecular weight excluding hydrogens is 280 g/mol. The lowest BCUT2D eigenvalue weighted by molar-refractivity contribution is -0.137. The molecule has 0 fully saturated rings. The van der Waals surface area contributed by atoms with Gasteiger partial charge in [-0.25, -0.2) is 4.79 Å². The molecule has 1 heterocycles. The average molecular weight is 294 g/mol. The lowest BCUT2D eigenvalue weighted by Gasteiger charge is -2.22. The summed E-state index contributed by atoms with van der Waals surface area (Å²) in [4.78, 5) is 11.7. The Labute approximate surface area is 120 Å². The van der Waals surface area contributed by atoms with Crippen LogP contribution < -0.4 is 4.74 Å². The summed E-state index contributed by atoms with van der Waals surface area (Å²) in [6, 6.07) is 7.18. The zero-order valence-corrected chi connectivity index (χ0v) is 12.1. The van der Waals surface area contributed by atoms with Crippen molar-refractivity contribution < 1.29 is 18.8 Å². The van der Waals surface area contributed by atoms with Crippen LogP contribution in [-0.4, -0.2) is 41.8 Å². The van der Waals surface area contributed by atoms with Gasteiger partial charge in [-0.3, -0.25) is 0 Å². The Bertz CT molecular complexity index is 585. The van der Waals surface area contributed by atoms with Crippen LogP contribution in [0.3, 0.4) is 0 Å². The van der Waals surface area contributed by atoms with Crippen molar-refractivity contribution in [2.45, 2.75) is 0 Å². The van der Waals surface area contributed by atoms with Crippen LogP contribution in [0.15, 0.2) is 40.4 Å². The van der Waals surface area contributed by atoms with Gasteiger partial charge < -0.3 is 14.0 Å². The second-order valence-electron chi connectivity index (χ2n) is 3.93.